The van der Waals surface area contributed by atoms with Gasteiger partial charge in [-0.2, -0.15) is 0 Å². The van der Waals surface area contributed by atoms with E-state index in [4.69, 9.17) is 19.4 Å². The number of rotatable bonds is 3. The Hall–Kier alpha value is -0.450. The van der Waals surface area contributed by atoms with Crippen LogP contribution in [0.1, 0.15) is 13.8 Å². The van der Waals surface area contributed by atoms with Crippen LogP contribution in [0, 0.1) is 0 Å². The van der Waals surface area contributed by atoms with E-state index in [9.17, 15) is 0 Å². The molecule has 1 rings (SSSR count). The first-order chi connectivity index (χ1) is 7.10. The SMILES string of the molecule is CC(=O)O.CCOc1ccc(OC)cc1.[CaH2]. The van der Waals surface area contributed by atoms with Gasteiger partial charge in [-0.25, -0.2) is 0 Å². The van der Waals surface area contributed by atoms with E-state index in [1.807, 2.05) is 31.2 Å². The summed E-state index contributed by atoms with van der Waals surface area (Å²) in [5.41, 5.74) is 0. The summed E-state index contributed by atoms with van der Waals surface area (Å²) in [6, 6.07) is 7.54. The Bertz CT molecular complexity index is 281. The number of carboxylic acid groups (broad SMARTS) is 1. The molecule has 1 aromatic carbocycles. The van der Waals surface area contributed by atoms with Crippen molar-refractivity contribution in [2.75, 3.05) is 13.7 Å². The van der Waals surface area contributed by atoms with E-state index in [1.165, 1.54) is 0 Å². The van der Waals surface area contributed by atoms with Crippen molar-refractivity contribution >= 4 is 43.7 Å². The molecule has 0 spiro atoms. The minimum atomic E-state index is -0.833. The predicted molar refractivity (Wildman–Crippen MR) is 66.0 cm³/mol. The van der Waals surface area contributed by atoms with E-state index < -0.39 is 5.97 Å². The Kier molecular flexibility index (Phi) is 12.4. The summed E-state index contributed by atoms with van der Waals surface area (Å²) < 4.78 is 10.2. The number of hydrogen-bond donors (Lipinski definition) is 1. The van der Waals surface area contributed by atoms with Gasteiger partial charge in [-0.05, 0) is 31.2 Å². The molecule has 0 aliphatic rings. The Balaban J connectivity index is 0. The van der Waals surface area contributed by atoms with Gasteiger partial charge in [0.15, 0.2) is 0 Å². The Morgan fingerprint density at radius 2 is 1.62 bits per heavy atom. The molecule has 0 saturated carbocycles. The van der Waals surface area contributed by atoms with Gasteiger partial charge in [-0.3, -0.25) is 4.79 Å². The fourth-order valence-electron chi connectivity index (χ4n) is 0.839. The van der Waals surface area contributed by atoms with E-state index in [0.717, 1.165) is 18.4 Å². The third kappa shape index (κ3) is 10.1. The molecular formula is C11H18CaO4. The molecule has 1 aromatic rings. The molecule has 0 radical (unpaired) electrons. The van der Waals surface area contributed by atoms with E-state index in [2.05, 4.69) is 0 Å². The topological polar surface area (TPSA) is 55.8 Å². The van der Waals surface area contributed by atoms with E-state index in [-0.39, 0.29) is 37.7 Å². The maximum absolute atomic E-state index is 9.00. The van der Waals surface area contributed by atoms with E-state index in [1.54, 1.807) is 7.11 Å². The third-order valence-corrected chi connectivity index (χ3v) is 1.37. The first kappa shape index (κ1) is 17.9. The molecule has 0 aromatic heterocycles. The van der Waals surface area contributed by atoms with Crippen molar-refractivity contribution in [2.24, 2.45) is 0 Å². The molecule has 4 nitrogen and oxygen atoms in total. The van der Waals surface area contributed by atoms with Crippen molar-refractivity contribution in [1.29, 1.82) is 0 Å². The first-order valence-electron chi connectivity index (χ1n) is 4.56. The maximum atomic E-state index is 9.00. The van der Waals surface area contributed by atoms with Crippen LogP contribution in [-0.4, -0.2) is 62.5 Å². The van der Waals surface area contributed by atoms with Crippen LogP contribution >= 0.6 is 0 Å². The van der Waals surface area contributed by atoms with E-state index >= 15 is 0 Å². The average Bonchev–Trinajstić information content (AvgIpc) is 2.19. The number of methoxy groups -OCH3 is 1. The second-order valence-corrected chi connectivity index (χ2v) is 2.63. The summed E-state index contributed by atoms with van der Waals surface area (Å²) in [4.78, 5) is 9.00. The molecule has 0 atom stereocenters. The van der Waals surface area contributed by atoms with Gasteiger partial charge in [0, 0.05) is 6.92 Å². The van der Waals surface area contributed by atoms with Crippen LogP contribution in [0.2, 0.25) is 0 Å². The fourth-order valence-corrected chi connectivity index (χ4v) is 0.839. The number of ether oxygens (including phenoxy) is 2. The number of carboxylic acids is 1. The van der Waals surface area contributed by atoms with Crippen LogP contribution in [-0.2, 0) is 4.79 Å². The van der Waals surface area contributed by atoms with Crippen LogP contribution in [0.4, 0.5) is 0 Å². The summed E-state index contributed by atoms with van der Waals surface area (Å²) in [6.45, 7) is 3.75. The van der Waals surface area contributed by atoms with Gasteiger partial charge in [0.05, 0.1) is 13.7 Å². The predicted octanol–water partition coefficient (Wildman–Crippen LogP) is 1.27. The van der Waals surface area contributed by atoms with Gasteiger partial charge in [-0.15, -0.1) is 0 Å². The second kappa shape index (κ2) is 11.0. The van der Waals surface area contributed by atoms with Crippen molar-refractivity contribution < 1.29 is 19.4 Å². The number of hydrogen-bond acceptors (Lipinski definition) is 3. The molecule has 88 valence electrons. The molecule has 0 fully saturated rings. The third-order valence-electron chi connectivity index (χ3n) is 1.37. The molecule has 0 bridgehead atoms. The van der Waals surface area contributed by atoms with Crippen molar-refractivity contribution in [3.8, 4) is 11.5 Å². The van der Waals surface area contributed by atoms with Crippen LogP contribution in [0.15, 0.2) is 24.3 Å². The molecule has 1 N–H and O–H groups in total. The van der Waals surface area contributed by atoms with Gasteiger partial charge < -0.3 is 14.6 Å². The summed E-state index contributed by atoms with van der Waals surface area (Å²) in [5, 5.41) is 7.42. The van der Waals surface area contributed by atoms with Crippen LogP contribution in [0.3, 0.4) is 0 Å². The average molecular weight is 254 g/mol. The minimum absolute atomic E-state index is 0. The Labute approximate surface area is 126 Å². The number of carbonyl (C=O) groups is 1. The van der Waals surface area contributed by atoms with Gasteiger partial charge in [0.2, 0.25) is 0 Å². The van der Waals surface area contributed by atoms with Gasteiger partial charge in [0.25, 0.3) is 5.97 Å². The van der Waals surface area contributed by atoms with Gasteiger partial charge in [0.1, 0.15) is 11.5 Å². The molecular weight excluding hydrogens is 236 g/mol. The molecule has 0 amide bonds. The summed E-state index contributed by atoms with van der Waals surface area (Å²) in [5.74, 6) is 0.904. The van der Waals surface area contributed by atoms with Crippen molar-refractivity contribution in [2.45, 2.75) is 13.8 Å². The normalized spacial score (nSPS) is 7.94. The molecule has 0 heterocycles. The molecule has 5 heteroatoms. The fraction of sp³-hybridized carbons (Fsp3) is 0.364. The number of aliphatic carboxylic acids is 1. The monoisotopic (exact) mass is 254 g/mol. The quantitative estimate of drug-likeness (QED) is 0.825. The molecule has 0 aliphatic carbocycles. The summed E-state index contributed by atoms with van der Waals surface area (Å²) in [6.07, 6.45) is 0. The standard InChI is InChI=1S/C9H12O2.C2H4O2.Ca.2H/c1-3-11-9-6-4-8(10-2)5-7-9;1-2(3)4;;;/h4-7H,3H2,1-2H3;1H3,(H,3,4);;;. The second-order valence-electron chi connectivity index (χ2n) is 2.63. The van der Waals surface area contributed by atoms with Crippen LogP contribution in [0.5, 0.6) is 11.5 Å². The first-order valence-corrected chi connectivity index (χ1v) is 4.56. The number of benzene rings is 1. The van der Waals surface area contributed by atoms with E-state index in [0.29, 0.717) is 6.61 Å². The zero-order chi connectivity index (χ0) is 11.7. The summed E-state index contributed by atoms with van der Waals surface area (Å²) >= 11 is 0. The molecule has 0 saturated heterocycles. The van der Waals surface area contributed by atoms with Crippen molar-refractivity contribution in [3.05, 3.63) is 24.3 Å². The molecule has 0 unspecified atom stereocenters. The van der Waals surface area contributed by atoms with Crippen LogP contribution in [0.25, 0.3) is 0 Å². The molecule has 16 heavy (non-hydrogen) atoms. The summed E-state index contributed by atoms with van der Waals surface area (Å²) in [7, 11) is 1.65. The Morgan fingerprint density at radius 3 is 1.94 bits per heavy atom. The van der Waals surface area contributed by atoms with Crippen molar-refractivity contribution in [1.82, 2.24) is 0 Å². The molecule has 0 aliphatic heterocycles. The van der Waals surface area contributed by atoms with Crippen LogP contribution < -0.4 is 9.47 Å². The van der Waals surface area contributed by atoms with Crippen molar-refractivity contribution in [3.63, 3.8) is 0 Å². The van der Waals surface area contributed by atoms with Gasteiger partial charge in [-0.1, -0.05) is 0 Å². The zero-order valence-electron chi connectivity index (χ0n) is 9.19. The van der Waals surface area contributed by atoms with Gasteiger partial charge >= 0.3 is 37.7 Å². The zero-order valence-corrected chi connectivity index (χ0v) is 9.19. The Morgan fingerprint density at radius 1 is 1.25 bits per heavy atom.